The standard InChI is InChI=1S/C13H11FO2S/c1-10-3-2-4-12(9-10)11-5-7-13(8-6-11)17(14,15)16/h2-9H,1H3. The zero-order chi connectivity index (χ0) is 12.5. The van der Waals surface area contributed by atoms with E-state index in [9.17, 15) is 12.3 Å². The Kier molecular flexibility index (Phi) is 2.98. The van der Waals surface area contributed by atoms with Gasteiger partial charge in [0.1, 0.15) is 0 Å². The Hall–Kier alpha value is -1.68. The summed E-state index contributed by atoms with van der Waals surface area (Å²) in [4.78, 5) is -0.311. The minimum Gasteiger partial charge on any atom is -0.189 e. The molecular weight excluding hydrogens is 239 g/mol. The van der Waals surface area contributed by atoms with Gasteiger partial charge >= 0.3 is 10.2 Å². The first-order valence-electron chi connectivity index (χ1n) is 5.08. The summed E-state index contributed by atoms with van der Waals surface area (Å²) in [7, 11) is -4.61. The second-order valence-electron chi connectivity index (χ2n) is 3.83. The maximum atomic E-state index is 12.7. The molecule has 0 N–H and O–H groups in total. The monoisotopic (exact) mass is 250 g/mol. The summed E-state index contributed by atoms with van der Waals surface area (Å²) in [5.41, 5.74) is 2.96. The number of hydrogen-bond donors (Lipinski definition) is 0. The highest BCUT2D eigenvalue weighted by Gasteiger charge is 2.11. The molecule has 0 aliphatic carbocycles. The van der Waals surface area contributed by atoms with Crippen molar-refractivity contribution in [1.29, 1.82) is 0 Å². The van der Waals surface area contributed by atoms with Gasteiger partial charge in [-0.15, -0.1) is 3.89 Å². The van der Waals surface area contributed by atoms with Gasteiger partial charge in [-0.2, -0.15) is 8.42 Å². The van der Waals surface area contributed by atoms with E-state index in [1.54, 1.807) is 12.1 Å². The Bertz CT molecular complexity index is 631. The molecule has 0 atom stereocenters. The van der Waals surface area contributed by atoms with Crippen molar-refractivity contribution < 1.29 is 12.3 Å². The van der Waals surface area contributed by atoms with E-state index in [2.05, 4.69) is 0 Å². The number of hydrogen-bond acceptors (Lipinski definition) is 2. The summed E-state index contributed by atoms with van der Waals surface area (Å²) < 4.78 is 34.0. The van der Waals surface area contributed by atoms with Crippen molar-refractivity contribution in [2.75, 3.05) is 0 Å². The zero-order valence-electron chi connectivity index (χ0n) is 9.22. The van der Waals surface area contributed by atoms with E-state index < -0.39 is 10.2 Å². The number of aryl methyl sites for hydroxylation is 1. The minimum atomic E-state index is -4.61. The Morgan fingerprint density at radius 1 is 0.941 bits per heavy atom. The lowest BCUT2D eigenvalue weighted by molar-refractivity contribution is 0.552. The van der Waals surface area contributed by atoms with Crippen LogP contribution in [0.25, 0.3) is 11.1 Å². The van der Waals surface area contributed by atoms with E-state index in [0.29, 0.717) is 0 Å². The van der Waals surface area contributed by atoms with Gasteiger partial charge in [-0.05, 0) is 30.2 Å². The van der Waals surface area contributed by atoms with Crippen molar-refractivity contribution in [3.05, 3.63) is 54.1 Å². The van der Waals surface area contributed by atoms with E-state index >= 15 is 0 Å². The summed E-state index contributed by atoms with van der Waals surface area (Å²) in [6, 6.07) is 13.5. The fourth-order valence-electron chi connectivity index (χ4n) is 1.63. The Morgan fingerprint density at radius 3 is 2.12 bits per heavy atom. The lowest BCUT2D eigenvalue weighted by atomic mass is 10.0. The Morgan fingerprint density at radius 2 is 1.59 bits per heavy atom. The van der Waals surface area contributed by atoms with Gasteiger partial charge in [0.25, 0.3) is 0 Å². The molecule has 0 radical (unpaired) electrons. The van der Waals surface area contributed by atoms with Crippen LogP contribution in [0.5, 0.6) is 0 Å². The molecule has 17 heavy (non-hydrogen) atoms. The average Bonchev–Trinajstić information content (AvgIpc) is 2.28. The fraction of sp³-hybridized carbons (Fsp3) is 0.0769. The van der Waals surface area contributed by atoms with Crippen LogP contribution >= 0.6 is 0 Å². The van der Waals surface area contributed by atoms with Crippen molar-refractivity contribution in [3.8, 4) is 11.1 Å². The van der Waals surface area contributed by atoms with Crippen LogP contribution in [0.1, 0.15) is 5.56 Å². The van der Waals surface area contributed by atoms with Gasteiger partial charge in [0.2, 0.25) is 0 Å². The molecule has 0 bridgehead atoms. The molecule has 0 fully saturated rings. The van der Waals surface area contributed by atoms with Gasteiger partial charge in [-0.1, -0.05) is 42.0 Å². The number of benzene rings is 2. The van der Waals surface area contributed by atoms with Gasteiger partial charge < -0.3 is 0 Å². The first-order chi connectivity index (χ1) is 7.97. The molecule has 0 unspecified atom stereocenters. The predicted molar refractivity (Wildman–Crippen MR) is 64.9 cm³/mol. The van der Waals surface area contributed by atoms with Crippen LogP contribution in [-0.4, -0.2) is 8.42 Å². The van der Waals surface area contributed by atoms with Crippen LogP contribution in [0, 0.1) is 6.92 Å². The van der Waals surface area contributed by atoms with E-state index in [0.717, 1.165) is 16.7 Å². The largest absolute Gasteiger partial charge is 0.332 e. The normalized spacial score (nSPS) is 11.4. The third-order valence-electron chi connectivity index (χ3n) is 2.49. The average molecular weight is 250 g/mol. The molecule has 0 amide bonds. The Labute approximate surface area is 99.9 Å². The molecular formula is C13H11FO2S. The van der Waals surface area contributed by atoms with Crippen molar-refractivity contribution in [1.82, 2.24) is 0 Å². The van der Waals surface area contributed by atoms with Gasteiger partial charge in [-0.25, -0.2) is 0 Å². The van der Waals surface area contributed by atoms with Gasteiger partial charge in [-0.3, -0.25) is 0 Å². The smallest absolute Gasteiger partial charge is 0.189 e. The van der Waals surface area contributed by atoms with Crippen LogP contribution in [-0.2, 0) is 10.2 Å². The highest BCUT2D eigenvalue weighted by atomic mass is 32.3. The SMILES string of the molecule is Cc1cccc(-c2ccc(S(=O)(=O)F)cc2)c1. The molecule has 0 heterocycles. The molecule has 0 aromatic heterocycles. The molecule has 2 aromatic carbocycles. The van der Waals surface area contributed by atoms with Gasteiger partial charge in [0, 0.05) is 0 Å². The molecule has 0 saturated carbocycles. The van der Waals surface area contributed by atoms with Crippen LogP contribution in [0.3, 0.4) is 0 Å². The molecule has 0 saturated heterocycles. The maximum Gasteiger partial charge on any atom is 0.332 e. The number of rotatable bonds is 2. The molecule has 2 aromatic rings. The summed E-state index contributed by atoms with van der Waals surface area (Å²) in [6.45, 7) is 1.98. The van der Waals surface area contributed by atoms with Crippen molar-refractivity contribution in [3.63, 3.8) is 0 Å². The van der Waals surface area contributed by atoms with Crippen LogP contribution in [0.2, 0.25) is 0 Å². The highest BCUT2D eigenvalue weighted by Crippen LogP contribution is 2.22. The number of halogens is 1. The predicted octanol–water partition coefficient (Wildman–Crippen LogP) is 3.32. The molecule has 0 aliphatic rings. The molecule has 2 rings (SSSR count). The third kappa shape index (κ3) is 2.71. The minimum absolute atomic E-state index is 0.311. The topological polar surface area (TPSA) is 34.1 Å². The van der Waals surface area contributed by atoms with E-state index in [-0.39, 0.29) is 4.90 Å². The van der Waals surface area contributed by atoms with Crippen LogP contribution in [0.4, 0.5) is 3.89 Å². The molecule has 0 spiro atoms. The van der Waals surface area contributed by atoms with Gasteiger partial charge in [0.05, 0.1) is 4.90 Å². The lowest BCUT2D eigenvalue weighted by Crippen LogP contribution is -1.91. The van der Waals surface area contributed by atoms with Crippen LogP contribution < -0.4 is 0 Å². The molecule has 2 nitrogen and oxygen atoms in total. The second-order valence-corrected chi connectivity index (χ2v) is 5.18. The maximum absolute atomic E-state index is 12.7. The van der Waals surface area contributed by atoms with E-state index in [4.69, 9.17) is 0 Å². The fourth-order valence-corrected chi connectivity index (χ4v) is 2.10. The summed E-state index contributed by atoms with van der Waals surface area (Å²) in [5, 5.41) is 0. The van der Waals surface area contributed by atoms with Crippen LogP contribution in [0.15, 0.2) is 53.4 Å². The molecule has 88 valence electrons. The second kappa shape index (κ2) is 4.30. The molecule has 4 heteroatoms. The van der Waals surface area contributed by atoms with Crippen molar-refractivity contribution >= 4 is 10.2 Å². The summed E-state index contributed by atoms with van der Waals surface area (Å²) >= 11 is 0. The summed E-state index contributed by atoms with van der Waals surface area (Å²) in [6.07, 6.45) is 0. The zero-order valence-corrected chi connectivity index (χ0v) is 10.0. The van der Waals surface area contributed by atoms with E-state index in [1.807, 2.05) is 31.2 Å². The first kappa shape index (κ1) is 11.8. The third-order valence-corrected chi connectivity index (χ3v) is 3.32. The summed E-state index contributed by atoms with van der Waals surface area (Å²) in [5.74, 6) is 0. The van der Waals surface area contributed by atoms with Crippen molar-refractivity contribution in [2.24, 2.45) is 0 Å². The Balaban J connectivity index is 2.43. The quantitative estimate of drug-likeness (QED) is 0.766. The first-order valence-corrected chi connectivity index (χ1v) is 6.47. The highest BCUT2D eigenvalue weighted by molar-refractivity contribution is 7.86. The van der Waals surface area contributed by atoms with Gasteiger partial charge in [0.15, 0.2) is 0 Å². The lowest BCUT2D eigenvalue weighted by Gasteiger charge is -2.03. The molecule has 0 aliphatic heterocycles. The van der Waals surface area contributed by atoms with Crippen molar-refractivity contribution in [2.45, 2.75) is 11.8 Å². The van der Waals surface area contributed by atoms with E-state index in [1.165, 1.54) is 12.1 Å².